The minimum atomic E-state index is -0.754. The van der Waals surface area contributed by atoms with E-state index in [4.69, 9.17) is 9.84 Å². The van der Waals surface area contributed by atoms with Crippen LogP contribution in [-0.4, -0.2) is 30.6 Å². The first-order valence-electron chi connectivity index (χ1n) is 4.10. The summed E-state index contributed by atoms with van der Waals surface area (Å²) in [6, 6.07) is 0. The van der Waals surface area contributed by atoms with Crippen LogP contribution in [0.25, 0.3) is 0 Å². The Morgan fingerprint density at radius 1 is 1.62 bits per heavy atom. The first-order chi connectivity index (χ1) is 6.26. The lowest BCUT2D eigenvalue weighted by Gasteiger charge is -2.07. The number of carbonyl (C=O) groups is 2. The smallest absolute Gasteiger partial charge is 0.316 e. The van der Waals surface area contributed by atoms with Gasteiger partial charge in [0.2, 0.25) is 0 Å². The quantitative estimate of drug-likeness (QED) is 0.204. The van der Waals surface area contributed by atoms with Gasteiger partial charge in [0, 0.05) is 13.0 Å². The van der Waals surface area contributed by atoms with Gasteiger partial charge in [0.1, 0.15) is 12.2 Å². The summed E-state index contributed by atoms with van der Waals surface area (Å²) < 4.78 is 4.71. The highest BCUT2D eigenvalue weighted by Crippen LogP contribution is 2.03. The predicted molar refractivity (Wildman–Crippen MR) is 47.0 cm³/mol. The van der Waals surface area contributed by atoms with Gasteiger partial charge >= 0.3 is 5.97 Å². The first kappa shape index (κ1) is 11.8. The second-order valence-electron chi connectivity index (χ2n) is 2.51. The van der Waals surface area contributed by atoms with Crippen LogP contribution in [0.4, 0.5) is 0 Å². The molecule has 1 atom stereocenters. The molecular weight excluding hydrogens is 172 g/mol. The molecule has 4 nitrogen and oxygen atoms in total. The lowest BCUT2D eigenvalue weighted by atomic mass is 10.1. The van der Waals surface area contributed by atoms with E-state index in [1.807, 2.05) is 0 Å². The number of aldehydes is 1. The van der Waals surface area contributed by atoms with Gasteiger partial charge in [-0.1, -0.05) is 6.08 Å². The fourth-order valence-electron chi connectivity index (χ4n) is 0.731. The fourth-order valence-corrected chi connectivity index (χ4v) is 0.731. The van der Waals surface area contributed by atoms with Crippen molar-refractivity contribution in [1.29, 1.82) is 0 Å². The molecule has 1 unspecified atom stereocenters. The Morgan fingerprint density at radius 2 is 2.31 bits per heavy atom. The molecule has 0 heterocycles. The molecule has 1 N–H and O–H groups in total. The molecule has 74 valence electrons. The van der Waals surface area contributed by atoms with Gasteiger partial charge in [0.15, 0.2) is 0 Å². The largest absolute Gasteiger partial charge is 0.465 e. The molecule has 0 saturated heterocycles. The zero-order valence-electron chi connectivity index (χ0n) is 7.44. The minimum absolute atomic E-state index is 0.0273. The van der Waals surface area contributed by atoms with Gasteiger partial charge in [-0.15, -0.1) is 6.58 Å². The molecule has 0 rings (SSSR count). The van der Waals surface area contributed by atoms with Gasteiger partial charge in [-0.2, -0.15) is 0 Å². The van der Waals surface area contributed by atoms with Crippen molar-refractivity contribution < 1.29 is 19.4 Å². The van der Waals surface area contributed by atoms with Crippen LogP contribution in [0.3, 0.4) is 0 Å². The number of hydrogen-bond acceptors (Lipinski definition) is 4. The predicted octanol–water partition coefficient (Wildman–Crippen LogP) is 0.303. The van der Waals surface area contributed by atoms with E-state index in [0.717, 1.165) is 0 Å². The zero-order valence-corrected chi connectivity index (χ0v) is 7.44. The van der Waals surface area contributed by atoms with E-state index in [1.54, 1.807) is 0 Å². The van der Waals surface area contributed by atoms with E-state index < -0.39 is 11.9 Å². The van der Waals surface area contributed by atoms with Crippen LogP contribution in [0.5, 0.6) is 0 Å². The van der Waals surface area contributed by atoms with E-state index in [1.165, 1.54) is 6.08 Å². The third-order valence-corrected chi connectivity index (χ3v) is 1.43. The van der Waals surface area contributed by atoms with Crippen LogP contribution >= 0.6 is 0 Å². The molecule has 0 amide bonds. The van der Waals surface area contributed by atoms with E-state index in [0.29, 0.717) is 19.1 Å². The van der Waals surface area contributed by atoms with Crippen LogP contribution in [0, 0.1) is 5.92 Å². The van der Waals surface area contributed by atoms with Gasteiger partial charge < -0.3 is 14.6 Å². The number of carbonyl (C=O) groups excluding carboxylic acids is 2. The number of allylic oxidation sites excluding steroid dienone is 1. The number of rotatable bonds is 7. The number of aliphatic hydroxyl groups is 1. The van der Waals surface area contributed by atoms with Crippen molar-refractivity contribution in [2.24, 2.45) is 5.92 Å². The molecule has 0 aromatic heterocycles. The Labute approximate surface area is 77.2 Å². The van der Waals surface area contributed by atoms with Crippen LogP contribution in [0.2, 0.25) is 0 Å². The molecule has 0 saturated carbocycles. The fraction of sp³-hybridized carbons (Fsp3) is 0.556. The van der Waals surface area contributed by atoms with Gasteiger partial charge in [-0.3, -0.25) is 4.79 Å². The monoisotopic (exact) mass is 186 g/mol. The molecule has 0 aliphatic heterocycles. The maximum absolute atomic E-state index is 11.1. The highest BCUT2D eigenvalue weighted by Gasteiger charge is 2.16. The summed E-state index contributed by atoms with van der Waals surface area (Å²) in [5.41, 5.74) is 0. The summed E-state index contributed by atoms with van der Waals surface area (Å²) in [5, 5.41) is 8.40. The van der Waals surface area contributed by atoms with Crippen molar-refractivity contribution in [3.8, 4) is 0 Å². The summed E-state index contributed by atoms with van der Waals surface area (Å²) in [5.74, 6) is -1.31. The van der Waals surface area contributed by atoms with Crippen molar-refractivity contribution in [2.75, 3.05) is 13.2 Å². The van der Waals surface area contributed by atoms with E-state index >= 15 is 0 Å². The number of hydrogen-bond donors (Lipinski definition) is 1. The average molecular weight is 186 g/mol. The highest BCUT2D eigenvalue weighted by atomic mass is 16.5. The van der Waals surface area contributed by atoms with Crippen molar-refractivity contribution in [3.05, 3.63) is 12.7 Å². The normalized spacial score (nSPS) is 11.8. The first-order valence-corrected chi connectivity index (χ1v) is 4.10. The molecule has 0 aromatic carbocycles. The van der Waals surface area contributed by atoms with Crippen molar-refractivity contribution >= 4 is 12.3 Å². The topological polar surface area (TPSA) is 63.6 Å². The highest BCUT2D eigenvalue weighted by molar-refractivity contribution is 5.87. The Bertz CT molecular complexity index is 176. The third-order valence-electron chi connectivity index (χ3n) is 1.43. The zero-order chi connectivity index (χ0) is 10.1. The summed E-state index contributed by atoms with van der Waals surface area (Å²) >= 11 is 0. The van der Waals surface area contributed by atoms with Crippen LogP contribution < -0.4 is 0 Å². The van der Waals surface area contributed by atoms with Gasteiger partial charge in [-0.05, 0) is 6.42 Å². The molecule has 4 heteroatoms. The molecular formula is C9H14O4. The number of ether oxygens (including phenoxy) is 1. The summed E-state index contributed by atoms with van der Waals surface area (Å²) in [7, 11) is 0. The summed E-state index contributed by atoms with van der Waals surface area (Å²) in [4.78, 5) is 21.4. The van der Waals surface area contributed by atoms with Crippen molar-refractivity contribution in [1.82, 2.24) is 0 Å². The van der Waals surface area contributed by atoms with E-state index in [9.17, 15) is 9.59 Å². The molecule has 0 fully saturated rings. The molecule has 0 aliphatic carbocycles. The lowest BCUT2D eigenvalue weighted by Crippen LogP contribution is -2.19. The van der Waals surface area contributed by atoms with Crippen LogP contribution in [-0.2, 0) is 14.3 Å². The Kier molecular flexibility index (Phi) is 6.82. The number of aliphatic hydroxyl groups excluding tert-OH is 1. The van der Waals surface area contributed by atoms with Crippen LogP contribution in [0.15, 0.2) is 12.7 Å². The standard InChI is InChI=1S/C9H14O4/c1-2-4-8(7-11)9(12)13-6-3-5-10/h2,7-8,10H,1,3-6H2. The van der Waals surface area contributed by atoms with E-state index in [-0.39, 0.29) is 13.2 Å². The maximum atomic E-state index is 11.1. The number of esters is 1. The van der Waals surface area contributed by atoms with Crippen molar-refractivity contribution in [3.63, 3.8) is 0 Å². The van der Waals surface area contributed by atoms with Crippen LogP contribution in [0.1, 0.15) is 12.8 Å². The SMILES string of the molecule is C=CCC(C=O)C(=O)OCCCO. The summed E-state index contributed by atoms with van der Waals surface area (Å²) in [6.07, 6.45) is 2.72. The van der Waals surface area contributed by atoms with Gasteiger partial charge in [0.25, 0.3) is 0 Å². The molecule has 13 heavy (non-hydrogen) atoms. The molecule has 0 aliphatic rings. The Hall–Kier alpha value is -1.16. The molecule has 0 spiro atoms. The maximum Gasteiger partial charge on any atom is 0.316 e. The van der Waals surface area contributed by atoms with Gasteiger partial charge in [0.05, 0.1) is 6.61 Å². The van der Waals surface area contributed by atoms with Gasteiger partial charge in [-0.25, -0.2) is 0 Å². The Balaban J connectivity index is 3.77. The van der Waals surface area contributed by atoms with Crippen molar-refractivity contribution in [2.45, 2.75) is 12.8 Å². The summed E-state index contributed by atoms with van der Waals surface area (Å²) in [6.45, 7) is 3.54. The second kappa shape index (κ2) is 7.49. The van der Waals surface area contributed by atoms with E-state index in [2.05, 4.69) is 6.58 Å². The molecule has 0 bridgehead atoms. The molecule has 0 radical (unpaired) electrons. The Morgan fingerprint density at radius 3 is 2.77 bits per heavy atom. The lowest BCUT2D eigenvalue weighted by molar-refractivity contribution is -0.149. The minimum Gasteiger partial charge on any atom is -0.465 e. The molecule has 0 aromatic rings. The average Bonchev–Trinajstić information content (AvgIpc) is 2.14. The second-order valence-corrected chi connectivity index (χ2v) is 2.51. The third kappa shape index (κ3) is 5.14.